The molecule has 0 fully saturated rings. The Morgan fingerprint density at radius 2 is 2.10 bits per heavy atom. The van der Waals surface area contributed by atoms with Crippen molar-refractivity contribution >= 4 is 46.3 Å². The van der Waals surface area contributed by atoms with Crippen LogP contribution in [-0.2, 0) is 0 Å². The average Bonchev–Trinajstić information content (AvgIpc) is 2.41. The molecule has 1 heterocycles. The number of nitrogens with one attached hydrogen (secondary N) is 2. The predicted molar refractivity (Wildman–Crippen MR) is 76.2 cm³/mol. The number of rotatable bonds is 4. The van der Waals surface area contributed by atoms with Crippen LogP contribution in [0, 0.1) is 10.1 Å². The Labute approximate surface area is 123 Å². The van der Waals surface area contributed by atoms with Crippen molar-refractivity contribution in [2.45, 2.75) is 0 Å². The van der Waals surface area contributed by atoms with Gasteiger partial charge in [0.1, 0.15) is 6.20 Å². The molecule has 4 N–H and O–H groups in total. The van der Waals surface area contributed by atoms with Gasteiger partial charge in [0.15, 0.2) is 0 Å². The van der Waals surface area contributed by atoms with E-state index in [9.17, 15) is 10.1 Å². The molecule has 0 spiro atoms. The second-order valence-corrected chi connectivity index (χ2v) is 4.42. The minimum atomic E-state index is -0.619. The molecule has 0 amide bonds. The lowest BCUT2D eigenvalue weighted by Gasteiger charge is -2.09. The summed E-state index contributed by atoms with van der Waals surface area (Å²) in [7, 11) is 0. The Morgan fingerprint density at radius 1 is 1.35 bits per heavy atom. The van der Waals surface area contributed by atoms with E-state index in [0.29, 0.717) is 15.7 Å². The summed E-state index contributed by atoms with van der Waals surface area (Å²) < 4.78 is 0. The van der Waals surface area contributed by atoms with Gasteiger partial charge in [0.25, 0.3) is 0 Å². The maximum Gasteiger partial charge on any atom is 0.329 e. The molecule has 1 aromatic carbocycles. The predicted octanol–water partition coefficient (Wildman–Crippen LogP) is 2.72. The second kappa shape index (κ2) is 5.87. The van der Waals surface area contributed by atoms with E-state index in [1.54, 1.807) is 12.1 Å². The van der Waals surface area contributed by atoms with E-state index >= 15 is 0 Å². The second-order valence-electron chi connectivity index (χ2n) is 3.58. The van der Waals surface area contributed by atoms with Crippen LogP contribution in [0.4, 0.5) is 23.1 Å². The highest BCUT2D eigenvalue weighted by Gasteiger charge is 2.18. The van der Waals surface area contributed by atoms with Crippen LogP contribution >= 0.6 is 23.2 Å². The molecule has 10 heteroatoms. The molecule has 0 aliphatic carbocycles. The lowest BCUT2D eigenvalue weighted by molar-refractivity contribution is -0.384. The molecule has 0 radical (unpaired) electrons. The number of anilines is 3. The molecule has 0 saturated heterocycles. The molecule has 0 unspecified atom stereocenters. The van der Waals surface area contributed by atoms with Gasteiger partial charge < -0.3 is 5.32 Å². The van der Waals surface area contributed by atoms with Crippen molar-refractivity contribution in [3.63, 3.8) is 0 Å². The molecule has 0 atom stereocenters. The van der Waals surface area contributed by atoms with Gasteiger partial charge in [-0.25, -0.2) is 10.8 Å². The number of halogens is 2. The van der Waals surface area contributed by atoms with E-state index in [2.05, 4.69) is 20.7 Å². The van der Waals surface area contributed by atoms with Crippen LogP contribution < -0.4 is 16.6 Å². The number of nitrogens with two attached hydrogens (primary N) is 1. The number of hydrazine groups is 1. The summed E-state index contributed by atoms with van der Waals surface area (Å²) in [6.45, 7) is 0. The maximum absolute atomic E-state index is 10.9. The Balaban J connectivity index is 2.43. The number of nitro groups is 1. The summed E-state index contributed by atoms with van der Waals surface area (Å²) in [6.07, 6.45) is 1.04. The Morgan fingerprint density at radius 3 is 2.70 bits per heavy atom. The lowest BCUT2D eigenvalue weighted by Crippen LogP contribution is -2.12. The van der Waals surface area contributed by atoms with E-state index in [1.165, 1.54) is 6.07 Å². The summed E-state index contributed by atoms with van der Waals surface area (Å²) in [6, 6.07) is 4.66. The highest BCUT2D eigenvalue weighted by Crippen LogP contribution is 2.31. The number of nitrogens with zero attached hydrogens (tertiary/aromatic N) is 3. The molecule has 2 aromatic rings. The summed E-state index contributed by atoms with van der Waals surface area (Å²) in [5, 5.41) is 14.4. The molecule has 20 heavy (non-hydrogen) atoms. The van der Waals surface area contributed by atoms with Crippen LogP contribution in [0.5, 0.6) is 0 Å². The molecular formula is C10H8Cl2N6O2. The fraction of sp³-hybridized carbons (Fsp3) is 0. The van der Waals surface area contributed by atoms with Crippen molar-refractivity contribution < 1.29 is 4.92 Å². The fourth-order valence-corrected chi connectivity index (χ4v) is 1.84. The zero-order valence-electron chi connectivity index (χ0n) is 9.80. The van der Waals surface area contributed by atoms with Gasteiger partial charge >= 0.3 is 5.69 Å². The van der Waals surface area contributed by atoms with Gasteiger partial charge in [0, 0.05) is 5.02 Å². The average molecular weight is 315 g/mol. The number of hydrogen-bond acceptors (Lipinski definition) is 7. The molecule has 0 saturated carbocycles. The first-order valence-electron chi connectivity index (χ1n) is 5.21. The molecule has 8 nitrogen and oxygen atoms in total. The van der Waals surface area contributed by atoms with Gasteiger partial charge in [-0.2, -0.15) is 4.98 Å². The van der Waals surface area contributed by atoms with Gasteiger partial charge in [0.2, 0.25) is 11.8 Å². The summed E-state index contributed by atoms with van der Waals surface area (Å²) >= 11 is 11.8. The van der Waals surface area contributed by atoms with Crippen molar-refractivity contribution in [3.05, 3.63) is 44.6 Å². The zero-order valence-corrected chi connectivity index (χ0v) is 11.3. The molecular weight excluding hydrogens is 307 g/mol. The fourth-order valence-electron chi connectivity index (χ4n) is 1.39. The van der Waals surface area contributed by atoms with Crippen LogP contribution in [-0.4, -0.2) is 14.9 Å². The van der Waals surface area contributed by atoms with Crippen LogP contribution in [0.1, 0.15) is 0 Å². The van der Waals surface area contributed by atoms with Crippen LogP contribution in [0.15, 0.2) is 24.4 Å². The third-order valence-electron chi connectivity index (χ3n) is 2.28. The van der Waals surface area contributed by atoms with Gasteiger partial charge in [-0.3, -0.25) is 15.5 Å². The quantitative estimate of drug-likeness (QED) is 0.451. The summed E-state index contributed by atoms with van der Waals surface area (Å²) in [4.78, 5) is 17.9. The number of aromatic nitrogens is 2. The SMILES string of the molecule is NNc1ncc([N+](=O)[O-])c(Nc2ccc(Cl)cc2Cl)n1. The Kier molecular flexibility index (Phi) is 4.18. The standard InChI is InChI=1S/C10H8Cl2N6O2/c11-5-1-2-7(6(12)3-5)15-9-8(18(19)20)4-14-10(16-9)17-13/h1-4H,13H2,(H2,14,15,16,17). The van der Waals surface area contributed by atoms with Gasteiger partial charge in [-0.05, 0) is 18.2 Å². The first-order chi connectivity index (χ1) is 9.51. The van der Waals surface area contributed by atoms with Crippen molar-refractivity contribution in [2.75, 3.05) is 10.7 Å². The summed E-state index contributed by atoms with van der Waals surface area (Å²) in [5.74, 6) is 5.16. The largest absolute Gasteiger partial charge is 0.333 e. The van der Waals surface area contributed by atoms with Crippen molar-refractivity contribution in [3.8, 4) is 0 Å². The van der Waals surface area contributed by atoms with Gasteiger partial charge in [0.05, 0.1) is 15.6 Å². The Bertz CT molecular complexity index is 666. The van der Waals surface area contributed by atoms with Crippen LogP contribution in [0.3, 0.4) is 0 Å². The molecule has 0 aliphatic heterocycles. The van der Waals surface area contributed by atoms with E-state index in [0.717, 1.165) is 6.20 Å². The first-order valence-corrected chi connectivity index (χ1v) is 5.97. The smallest absolute Gasteiger partial charge is 0.329 e. The molecule has 104 valence electrons. The van der Waals surface area contributed by atoms with Crippen LogP contribution in [0.25, 0.3) is 0 Å². The van der Waals surface area contributed by atoms with E-state index in [4.69, 9.17) is 29.0 Å². The Hall–Kier alpha value is -2.16. The van der Waals surface area contributed by atoms with Gasteiger partial charge in [-0.15, -0.1) is 0 Å². The molecule has 1 aromatic heterocycles. The van der Waals surface area contributed by atoms with Crippen molar-refractivity contribution in [2.24, 2.45) is 5.84 Å². The minimum Gasteiger partial charge on any atom is -0.333 e. The van der Waals surface area contributed by atoms with E-state index < -0.39 is 4.92 Å². The number of benzene rings is 1. The van der Waals surface area contributed by atoms with Gasteiger partial charge in [-0.1, -0.05) is 23.2 Å². The molecule has 0 aliphatic rings. The summed E-state index contributed by atoms with van der Waals surface area (Å²) in [5.41, 5.74) is 2.31. The zero-order chi connectivity index (χ0) is 14.7. The van der Waals surface area contributed by atoms with Crippen molar-refractivity contribution in [1.29, 1.82) is 0 Å². The molecule has 2 rings (SSSR count). The monoisotopic (exact) mass is 314 g/mol. The molecule has 0 bridgehead atoms. The highest BCUT2D eigenvalue weighted by atomic mass is 35.5. The maximum atomic E-state index is 10.9. The topological polar surface area (TPSA) is 119 Å². The lowest BCUT2D eigenvalue weighted by atomic mass is 10.3. The van der Waals surface area contributed by atoms with Crippen LogP contribution in [0.2, 0.25) is 10.0 Å². The number of hydrogen-bond donors (Lipinski definition) is 3. The minimum absolute atomic E-state index is 0.0307. The number of nitrogen functional groups attached to an aromatic ring is 1. The van der Waals surface area contributed by atoms with E-state index in [1.807, 2.05) is 0 Å². The normalized spacial score (nSPS) is 10.2. The first kappa shape index (κ1) is 14.3. The van der Waals surface area contributed by atoms with Crippen molar-refractivity contribution in [1.82, 2.24) is 9.97 Å². The van der Waals surface area contributed by atoms with E-state index in [-0.39, 0.29) is 17.5 Å². The third kappa shape index (κ3) is 3.05. The third-order valence-corrected chi connectivity index (χ3v) is 2.83. The highest BCUT2D eigenvalue weighted by molar-refractivity contribution is 6.36.